The number of hydrogen-bond donors (Lipinski definition) is 2. The average Bonchev–Trinajstić information content (AvgIpc) is 3.00. The molecule has 1 aromatic heterocycles. The minimum atomic E-state index is -0.500. The Morgan fingerprint density at radius 3 is 3.24 bits per heavy atom. The third-order valence-electron chi connectivity index (χ3n) is 3.27. The second kappa shape index (κ2) is 5.74. The van der Waals surface area contributed by atoms with Crippen LogP contribution in [0.3, 0.4) is 0 Å². The highest BCUT2D eigenvalue weighted by atomic mass is 16.5. The van der Waals surface area contributed by atoms with Gasteiger partial charge in [-0.25, -0.2) is 9.78 Å². The van der Waals surface area contributed by atoms with Crippen LogP contribution < -0.4 is 15.0 Å². The molecule has 0 unspecified atom stereocenters. The summed E-state index contributed by atoms with van der Waals surface area (Å²) in [4.78, 5) is 20.6. The third-order valence-corrected chi connectivity index (χ3v) is 3.27. The summed E-state index contributed by atoms with van der Waals surface area (Å²) in [6, 6.07) is 5.55. The van der Waals surface area contributed by atoms with Gasteiger partial charge in [0.15, 0.2) is 0 Å². The number of benzene rings is 1. The molecule has 2 heterocycles. The molecule has 2 aromatic rings. The van der Waals surface area contributed by atoms with Crippen LogP contribution in [0, 0.1) is 0 Å². The Labute approximate surface area is 121 Å². The molecule has 2 N–H and O–H groups in total. The van der Waals surface area contributed by atoms with Crippen LogP contribution in [0.1, 0.15) is 5.69 Å². The third kappa shape index (κ3) is 2.91. The fourth-order valence-corrected chi connectivity index (χ4v) is 2.26. The molecule has 1 aliphatic heterocycles. The number of carbonyl (C=O) groups is 1. The van der Waals surface area contributed by atoms with Crippen LogP contribution in [0.25, 0.3) is 0 Å². The number of aromatic amines is 1. The van der Waals surface area contributed by atoms with Gasteiger partial charge in [-0.15, -0.1) is 0 Å². The second-order valence-corrected chi connectivity index (χ2v) is 4.65. The Kier molecular flexibility index (Phi) is 3.63. The van der Waals surface area contributed by atoms with Crippen LogP contribution in [0.4, 0.5) is 16.2 Å². The molecule has 110 valence electrons. The number of nitrogens with zero attached hydrogens (tertiary/aromatic N) is 2. The van der Waals surface area contributed by atoms with E-state index in [0.717, 1.165) is 30.2 Å². The SMILES string of the molecule is COC(=O)Nc1ccc2c(c1)OCCN2Cc1cnc[nH]1. The maximum atomic E-state index is 11.2. The predicted molar refractivity (Wildman–Crippen MR) is 77.6 cm³/mol. The molecule has 3 rings (SSSR count). The number of aromatic nitrogens is 2. The predicted octanol–water partition coefficient (Wildman–Crippen LogP) is 1.99. The zero-order valence-electron chi connectivity index (χ0n) is 11.6. The normalized spacial score (nSPS) is 13.3. The molecule has 0 saturated heterocycles. The molecule has 0 saturated carbocycles. The molecule has 7 heteroatoms. The van der Waals surface area contributed by atoms with E-state index in [4.69, 9.17) is 4.74 Å². The van der Waals surface area contributed by atoms with Gasteiger partial charge in [-0.05, 0) is 12.1 Å². The Bertz CT molecular complexity index is 627. The van der Waals surface area contributed by atoms with Crippen molar-refractivity contribution in [3.05, 3.63) is 36.4 Å². The molecule has 1 amide bonds. The average molecular weight is 288 g/mol. The van der Waals surface area contributed by atoms with Crippen LogP contribution in [0.5, 0.6) is 5.75 Å². The Morgan fingerprint density at radius 1 is 1.57 bits per heavy atom. The summed E-state index contributed by atoms with van der Waals surface area (Å²) in [5.74, 6) is 0.745. The van der Waals surface area contributed by atoms with E-state index in [1.54, 1.807) is 12.4 Å². The Morgan fingerprint density at radius 2 is 2.48 bits per heavy atom. The first-order chi connectivity index (χ1) is 10.3. The number of fused-ring (bicyclic) bond motifs is 1. The topological polar surface area (TPSA) is 79.5 Å². The standard InChI is InChI=1S/C14H16N4O3/c1-20-14(19)17-10-2-3-12-13(6-10)21-5-4-18(12)8-11-7-15-9-16-11/h2-3,6-7,9H,4-5,8H2,1H3,(H,15,16)(H,17,19). The summed E-state index contributed by atoms with van der Waals surface area (Å²) in [6.07, 6.45) is 2.97. The van der Waals surface area contributed by atoms with Gasteiger partial charge >= 0.3 is 6.09 Å². The van der Waals surface area contributed by atoms with Gasteiger partial charge in [0.05, 0.1) is 37.9 Å². The number of rotatable bonds is 3. The second-order valence-electron chi connectivity index (χ2n) is 4.65. The first-order valence-corrected chi connectivity index (χ1v) is 6.60. The van der Waals surface area contributed by atoms with Crippen molar-refractivity contribution in [2.45, 2.75) is 6.54 Å². The lowest BCUT2D eigenvalue weighted by atomic mass is 10.2. The van der Waals surface area contributed by atoms with E-state index in [2.05, 4.69) is 24.9 Å². The number of amides is 1. The van der Waals surface area contributed by atoms with Gasteiger partial charge in [0.1, 0.15) is 12.4 Å². The van der Waals surface area contributed by atoms with E-state index in [-0.39, 0.29) is 0 Å². The van der Waals surface area contributed by atoms with Gasteiger partial charge in [-0.2, -0.15) is 0 Å². The van der Waals surface area contributed by atoms with Gasteiger partial charge in [0, 0.05) is 18.0 Å². The summed E-state index contributed by atoms with van der Waals surface area (Å²) in [7, 11) is 1.33. The molecule has 1 aromatic carbocycles. The lowest BCUT2D eigenvalue weighted by Gasteiger charge is -2.31. The number of H-pyrrole nitrogens is 1. The number of anilines is 2. The zero-order valence-corrected chi connectivity index (χ0v) is 11.6. The van der Waals surface area contributed by atoms with E-state index >= 15 is 0 Å². The van der Waals surface area contributed by atoms with Crippen LogP contribution in [0.2, 0.25) is 0 Å². The fourth-order valence-electron chi connectivity index (χ4n) is 2.26. The van der Waals surface area contributed by atoms with E-state index in [0.29, 0.717) is 12.3 Å². The molecule has 7 nitrogen and oxygen atoms in total. The van der Waals surface area contributed by atoms with Crippen molar-refractivity contribution in [1.29, 1.82) is 0 Å². The largest absolute Gasteiger partial charge is 0.489 e. The molecule has 0 bridgehead atoms. The molecular weight excluding hydrogens is 272 g/mol. The first kappa shape index (κ1) is 13.3. The molecule has 0 atom stereocenters. The molecule has 0 radical (unpaired) electrons. The zero-order chi connectivity index (χ0) is 14.7. The van der Waals surface area contributed by atoms with Crippen molar-refractivity contribution in [3.63, 3.8) is 0 Å². The molecule has 0 aliphatic carbocycles. The van der Waals surface area contributed by atoms with Crippen molar-refractivity contribution in [2.75, 3.05) is 30.5 Å². The van der Waals surface area contributed by atoms with Crippen LogP contribution in [-0.4, -0.2) is 36.3 Å². The minimum Gasteiger partial charge on any atom is -0.489 e. The fraction of sp³-hybridized carbons (Fsp3) is 0.286. The molecule has 0 spiro atoms. The monoisotopic (exact) mass is 288 g/mol. The molecule has 1 aliphatic rings. The van der Waals surface area contributed by atoms with Crippen LogP contribution in [0.15, 0.2) is 30.7 Å². The van der Waals surface area contributed by atoms with Gasteiger partial charge in [0.25, 0.3) is 0 Å². The highest BCUT2D eigenvalue weighted by Crippen LogP contribution is 2.34. The summed E-state index contributed by atoms with van der Waals surface area (Å²) in [5, 5.41) is 2.63. The number of ether oxygens (including phenoxy) is 2. The summed E-state index contributed by atoms with van der Waals surface area (Å²) >= 11 is 0. The first-order valence-electron chi connectivity index (χ1n) is 6.60. The molecular formula is C14H16N4O3. The van der Waals surface area contributed by atoms with Gasteiger partial charge in [-0.1, -0.05) is 0 Å². The van der Waals surface area contributed by atoms with Gasteiger partial charge in [-0.3, -0.25) is 5.32 Å². The number of nitrogens with one attached hydrogen (secondary N) is 2. The Balaban J connectivity index is 1.80. The maximum Gasteiger partial charge on any atom is 0.411 e. The van der Waals surface area contributed by atoms with E-state index in [1.807, 2.05) is 18.3 Å². The Hall–Kier alpha value is -2.70. The number of hydrogen-bond acceptors (Lipinski definition) is 5. The summed E-state index contributed by atoms with van der Waals surface area (Å²) in [6.45, 7) is 2.14. The van der Waals surface area contributed by atoms with Gasteiger partial charge in [0.2, 0.25) is 0 Å². The van der Waals surface area contributed by atoms with Crippen LogP contribution >= 0.6 is 0 Å². The number of methoxy groups -OCH3 is 1. The number of imidazole rings is 1. The summed E-state index contributed by atoms with van der Waals surface area (Å²) < 4.78 is 10.2. The van der Waals surface area contributed by atoms with E-state index < -0.39 is 6.09 Å². The number of carbonyl (C=O) groups excluding carboxylic acids is 1. The maximum absolute atomic E-state index is 11.2. The van der Waals surface area contributed by atoms with Crippen molar-refractivity contribution < 1.29 is 14.3 Å². The smallest absolute Gasteiger partial charge is 0.411 e. The van der Waals surface area contributed by atoms with E-state index in [1.165, 1.54) is 7.11 Å². The minimum absolute atomic E-state index is 0.500. The van der Waals surface area contributed by atoms with Gasteiger partial charge < -0.3 is 19.4 Å². The highest BCUT2D eigenvalue weighted by molar-refractivity contribution is 5.85. The van der Waals surface area contributed by atoms with Crippen LogP contribution in [-0.2, 0) is 11.3 Å². The van der Waals surface area contributed by atoms with E-state index in [9.17, 15) is 4.79 Å². The molecule has 21 heavy (non-hydrogen) atoms. The van der Waals surface area contributed by atoms with Crippen molar-refractivity contribution in [2.24, 2.45) is 0 Å². The molecule has 0 fully saturated rings. The van der Waals surface area contributed by atoms with Crippen molar-refractivity contribution in [1.82, 2.24) is 9.97 Å². The quantitative estimate of drug-likeness (QED) is 0.903. The lowest BCUT2D eigenvalue weighted by Crippen LogP contribution is -2.32. The summed E-state index contributed by atoms with van der Waals surface area (Å²) in [5.41, 5.74) is 2.68. The lowest BCUT2D eigenvalue weighted by molar-refractivity contribution is 0.187. The highest BCUT2D eigenvalue weighted by Gasteiger charge is 2.19. The van der Waals surface area contributed by atoms with Crippen molar-refractivity contribution in [3.8, 4) is 5.75 Å². The van der Waals surface area contributed by atoms with Crippen molar-refractivity contribution >= 4 is 17.5 Å².